The van der Waals surface area contributed by atoms with Crippen LogP contribution in [0.4, 0.5) is 11.5 Å². The molecule has 0 radical (unpaired) electrons. The second-order valence-electron chi connectivity index (χ2n) is 10.7. The van der Waals surface area contributed by atoms with Crippen molar-refractivity contribution >= 4 is 45.6 Å². The van der Waals surface area contributed by atoms with Gasteiger partial charge < -0.3 is 14.5 Å². The SMILES string of the molecule is C=CSCCN(C)c1nc(OCC23CCCN2CCC3)nc2c1CCN(c1cccc3cccc(Cl)c13)C2. The topological polar surface area (TPSA) is 44.7 Å². The second-order valence-corrected chi connectivity index (χ2v) is 12.2. The molecule has 2 fully saturated rings. The van der Waals surface area contributed by atoms with Crippen LogP contribution < -0.4 is 14.5 Å². The molecule has 4 heterocycles. The fourth-order valence-corrected chi connectivity index (χ4v) is 7.38. The minimum atomic E-state index is 0.164. The molecule has 0 saturated carbocycles. The van der Waals surface area contributed by atoms with E-state index in [1.54, 1.807) is 11.8 Å². The summed E-state index contributed by atoms with van der Waals surface area (Å²) in [5.41, 5.74) is 3.60. The number of hydrogen-bond acceptors (Lipinski definition) is 7. The third kappa shape index (κ3) is 4.85. The zero-order chi connectivity index (χ0) is 26.1. The number of aromatic nitrogens is 2. The highest BCUT2D eigenvalue weighted by molar-refractivity contribution is 8.02. The van der Waals surface area contributed by atoms with E-state index in [1.807, 2.05) is 17.5 Å². The van der Waals surface area contributed by atoms with Gasteiger partial charge in [0.2, 0.25) is 0 Å². The molecule has 0 bridgehead atoms. The molecule has 6 rings (SSSR count). The Bertz CT molecular complexity index is 1320. The van der Waals surface area contributed by atoms with Crippen LogP contribution in [0.2, 0.25) is 5.02 Å². The number of anilines is 2. The summed E-state index contributed by atoms with van der Waals surface area (Å²) >= 11 is 8.42. The largest absolute Gasteiger partial charge is 0.461 e. The van der Waals surface area contributed by atoms with Gasteiger partial charge in [0.1, 0.15) is 12.4 Å². The maximum absolute atomic E-state index is 6.69. The van der Waals surface area contributed by atoms with Crippen molar-refractivity contribution in [1.82, 2.24) is 14.9 Å². The summed E-state index contributed by atoms with van der Waals surface area (Å²) < 4.78 is 6.46. The summed E-state index contributed by atoms with van der Waals surface area (Å²) in [6.07, 6.45) is 5.80. The number of hydrogen-bond donors (Lipinski definition) is 0. The Morgan fingerprint density at radius 1 is 1.13 bits per heavy atom. The van der Waals surface area contributed by atoms with Crippen LogP contribution in [0.15, 0.2) is 48.4 Å². The molecule has 6 nitrogen and oxygen atoms in total. The average molecular weight is 550 g/mol. The van der Waals surface area contributed by atoms with E-state index in [0.717, 1.165) is 58.3 Å². The summed E-state index contributed by atoms with van der Waals surface area (Å²) in [6.45, 7) is 9.38. The van der Waals surface area contributed by atoms with E-state index < -0.39 is 0 Å². The lowest BCUT2D eigenvalue weighted by atomic mass is 9.95. The van der Waals surface area contributed by atoms with E-state index in [4.69, 9.17) is 26.3 Å². The fourth-order valence-electron chi connectivity index (χ4n) is 6.55. The van der Waals surface area contributed by atoms with Crippen molar-refractivity contribution < 1.29 is 4.74 Å². The van der Waals surface area contributed by atoms with E-state index in [9.17, 15) is 0 Å². The Morgan fingerprint density at radius 3 is 2.71 bits per heavy atom. The summed E-state index contributed by atoms with van der Waals surface area (Å²) in [5.74, 6) is 1.96. The Kier molecular flexibility index (Phi) is 7.43. The van der Waals surface area contributed by atoms with Crippen LogP contribution in [0.1, 0.15) is 36.9 Å². The number of rotatable bonds is 9. The number of halogens is 1. The number of benzene rings is 2. The smallest absolute Gasteiger partial charge is 0.318 e. The molecule has 8 heteroatoms. The van der Waals surface area contributed by atoms with Gasteiger partial charge in [-0.3, -0.25) is 4.90 Å². The normalized spacial score (nSPS) is 18.4. The summed E-state index contributed by atoms with van der Waals surface area (Å²) in [4.78, 5) is 17.3. The van der Waals surface area contributed by atoms with Crippen LogP contribution in [0, 0.1) is 0 Å². The van der Waals surface area contributed by atoms with Crippen LogP contribution in [-0.2, 0) is 13.0 Å². The Balaban J connectivity index is 1.32. The molecule has 2 aromatic carbocycles. The Morgan fingerprint density at radius 2 is 1.92 bits per heavy atom. The van der Waals surface area contributed by atoms with Gasteiger partial charge in [0.25, 0.3) is 0 Å². The second kappa shape index (κ2) is 10.9. The van der Waals surface area contributed by atoms with Gasteiger partial charge in [-0.1, -0.05) is 42.4 Å². The molecule has 3 aromatic rings. The Labute approximate surface area is 235 Å². The molecule has 0 unspecified atom stereocenters. The van der Waals surface area contributed by atoms with Crippen LogP contribution in [0.3, 0.4) is 0 Å². The Hall–Kier alpha value is -2.48. The predicted octanol–water partition coefficient (Wildman–Crippen LogP) is 6.17. The molecule has 1 aromatic heterocycles. The maximum atomic E-state index is 6.69. The van der Waals surface area contributed by atoms with Crippen LogP contribution in [0.25, 0.3) is 10.8 Å². The first-order valence-electron chi connectivity index (χ1n) is 13.7. The van der Waals surface area contributed by atoms with Crippen LogP contribution >= 0.6 is 23.4 Å². The molecule has 0 amide bonds. The third-order valence-electron chi connectivity index (χ3n) is 8.50. The zero-order valence-corrected chi connectivity index (χ0v) is 23.7. The van der Waals surface area contributed by atoms with Crippen molar-refractivity contribution in [3.8, 4) is 6.01 Å². The highest BCUT2D eigenvalue weighted by Gasteiger charge is 2.45. The minimum Gasteiger partial charge on any atom is -0.461 e. The van der Waals surface area contributed by atoms with Crippen molar-refractivity contribution in [3.63, 3.8) is 0 Å². The predicted molar refractivity (Wildman–Crippen MR) is 160 cm³/mol. The highest BCUT2D eigenvalue weighted by atomic mass is 35.5. The van der Waals surface area contributed by atoms with Gasteiger partial charge in [-0.05, 0) is 68.1 Å². The van der Waals surface area contributed by atoms with Crippen molar-refractivity contribution in [1.29, 1.82) is 0 Å². The van der Waals surface area contributed by atoms with Crippen molar-refractivity contribution in [2.24, 2.45) is 0 Å². The lowest BCUT2D eigenvalue weighted by Crippen LogP contribution is -2.43. The van der Waals surface area contributed by atoms with Gasteiger partial charge in [-0.25, -0.2) is 0 Å². The van der Waals surface area contributed by atoms with Gasteiger partial charge in [0.15, 0.2) is 0 Å². The van der Waals surface area contributed by atoms with Gasteiger partial charge in [-0.15, -0.1) is 11.8 Å². The number of nitrogens with zero attached hydrogens (tertiary/aromatic N) is 5. The van der Waals surface area contributed by atoms with E-state index in [1.165, 1.54) is 44.3 Å². The highest BCUT2D eigenvalue weighted by Crippen LogP contribution is 2.40. The first-order valence-corrected chi connectivity index (χ1v) is 15.1. The molecule has 3 aliphatic heterocycles. The summed E-state index contributed by atoms with van der Waals surface area (Å²) in [5, 5.41) is 4.95. The summed E-state index contributed by atoms with van der Waals surface area (Å²) in [6, 6.07) is 13.0. The quantitative estimate of drug-likeness (QED) is 0.296. The lowest BCUT2D eigenvalue weighted by molar-refractivity contribution is 0.107. The van der Waals surface area contributed by atoms with Gasteiger partial charge in [-0.2, -0.15) is 9.97 Å². The maximum Gasteiger partial charge on any atom is 0.318 e. The van der Waals surface area contributed by atoms with Crippen LogP contribution in [-0.4, -0.2) is 66.0 Å². The van der Waals surface area contributed by atoms with E-state index in [-0.39, 0.29) is 5.54 Å². The van der Waals surface area contributed by atoms with Gasteiger partial charge in [0, 0.05) is 42.5 Å². The van der Waals surface area contributed by atoms with E-state index in [0.29, 0.717) is 19.2 Å². The van der Waals surface area contributed by atoms with E-state index >= 15 is 0 Å². The molecular formula is C30H36ClN5OS. The minimum absolute atomic E-state index is 0.164. The molecule has 200 valence electrons. The molecule has 0 N–H and O–H groups in total. The third-order valence-corrected chi connectivity index (χ3v) is 9.47. The molecular weight excluding hydrogens is 514 g/mol. The monoisotopic (exact) mass is 549 g/mol. The first kappa shape index (κ1) is 25.8. The van der Waals surface area contributed by atoms with E-state index in [2.05, 4.69) is 52.6 Å². The van der Waals surface area contributed by atoms with Crippen molar-refractivity contribution in [3.05, 3.63) is 64.7 Å². The molecule has 0 aliphatic carbocycles. The van der Waals surface area contributed by atoms with Crippen molar-refractivity contribution in [2.75, 3.05) is 55.4 Å². The summed E-state index contributed by atoms with van der Waals surface area (Å²) in [7, 11) is 2.13. The van der Waals surface area contributed by atoms with Crippen molar-refractivity contribution in [2.45, 2.75) is 44.2 Å². The number of fused-ring (bicyclic) bond motifs is 3. The van der Waals surface area contributed by atoms with Gasteiger partial charge >= 0.3 is 6.01 Å². The van der Waals surface area contributed by atoms with Crippen LogP contribution in [0.5, 0.6) is 6.01 Å². The fraction of sp³-hybridized carbons (Fsp3) is 0.467. The lowest BCUT2D eigenvalue weighted by Gasteiger charge is -2.34. The standard InChI is InChI=1S/C30H36ClN5OS/c1-3-38-19-18-34(2)28-23-12-17-35(26-11-5-9-22-8-4-10-24(31)27(22)26)20-25(23)32-29(33-28)37-21-30-13-6-15-36(30)16-7-14-30/h3-5,8-11H,1,6-7,12-21H2,2H3. The molecule has 2 saturated heterocycles. The molecule has 0 spiro atoms. The van der Waals surface area contributed by atoms with Gasteiger partial charge in [0.05, 0.1) is 22.8 Å². The first-order chi connectivity index (χ1) is 18.6. The number of ether oxygens (including phenoxy) is 1. The molecule has 3 aliphatic rings. The average Bonchev–Trinajstić information content (AvgIpc) is 3.52. The molecule has 0 atom stereocenters. The number of thioether (sulfide) groups is 1. The zero-order valence-electron chi connectivity index (χ0n) is 22.2. The molecule has 38 heavy (non-hydrogen) atoms.